The number of likely N-dealkylation sites (N-methyl/N-ethyl adjacent to an activating group) is 1. The minimum atomic E-state index is -0.0237. The summed E-state index contributed by atoms with van der Waals surface area (Å²) in [5.74, 6) is -0.0237. The SMILES string of the molecule is CN(CCNC(=O)c1ccc(CN2CCOCC2)cc1)c1ccccc1. The van der Waals surface area contributed by atoms with Crippen LogP contribution in [0.3, 0.4) is 0 Å². The van der Waals surface area contributed by atoms with Crippen LogP contribution in [0.5, 0.6) is 0 Å². The van der Waals surface area contributed by atoms with Gasteiger partial charge >= 0.3 is 0 Å². The Morgan fingerprint density at radius 1 is 1.08 bits per heavy atom. The maximum Gasteiger partial charge on any atom is 0.251 e. The Morgan fingerprint density at radius 2 is 1.77 bits per heavy atom. The van der Waals surface area contributed by atoms with Crippen LogP contribution in [-0.4, -0.2) is 57.2 Å². The average Bonchev–Trinajstić information content (AvgIpc) is 2.70. The van der Waals surface area contributed by atoms with Gasteiger partial charge in [0, 0.05) is 51.0 Å². The first-order valence-electron chi connectivity index (χ1n) is 9.16. The summed E-state index contributed by atoms with van der Waals surface area (Å²) in [7, 11) is 2.03. The fourth-order valence-corrected chi connectivity index (χ4v) is 3.03. The van der Waals surface area contributed by atoms with Crippen LogP contribution in [-0.2, 0) is 11.3 Å². The van der Waals surface area contributed by atoms with Crippen LogP contribution in [0.15, 0.2) is 54.6 Å². The second-order valence-electron chi connectivity index (χ2n) is 6.60. The van der Waals surface area contributed by atoms with Crippen molar-refractivity contribution in [3.63, 3.8) is 0 Å². The number of hydrogen-bond acceptors (Lipinski definition) is 4. The number of nitrogens with zero attached hydrogens (tertiary/aromatic N) is 2. The summed E-state index contributed by atoms with van der Waals surface area (Å²) in [5.41, 5.74) is 3.08. The number of rotatable bonds is 7. The van der Waals surface area contributed by atoms with E-state index in [1.807, 2.05) is 49.5 Å². The topological polar surface area (TPSA) is 44.8 Å². The van der Waals surface area contributed by atoms with Crippen LogP contribution < -0.4 is 10.2 Å². The molecule has 1 saturated heterocycles. The summed E-state index contributed by atoms with van der Waals surface area (Å²) in [6, 6.07) is 18.1. The molecule has 1 heterocycles. The maximum atomic E-state index is 12.3. The molecule has 0 radical (unpaired) electrons. The Balaban J connectivity index is 1.44. The van der Waals surface area contributed by atoms with E-state index in [4.69, 9.17) is 4.74 Å². The van der Waals surface area contributed by atoms with Gasteiger partial charge in [-0.15, -0.1) is 0 Å². The zero-order valence-electron chi connectivity index (χ0n) is 15.4. The Hall–Kier alpha value is -2.37. The molecule has 3 rings (SSSR count). The Kier molecular flexibility index (Phi) is 6.63. The van der Waals surface area contributed by atoms with E-state index in [-0.39, 0.29) is 5.91 Å². The van der Waals surface area contributed by atoms with Gasteiger partial charge in [-0.1, -0.05) is 30.3 Å². The monoisotopic (exact) mass is 353 g/mol. The molecule has 0 aromatic heterocycles. The summed E-state index contributed by atoms with van der Waals surface area (Å²) in [6.45, 7) is 5.84. The van der Waals surface area contributed by atoms with Crippen molar-refractivity contribution in [3.8, 4) is 0 Å². The summed E-state index contributed by atoms with van der Waals surface area (Å²) >= 11 is 0. The molecule has 138 valence electrons. The highest BCUT2D eigenvalue weighted by atomic mass is 16.5. The van der Waals surface area contributed by atoms with Crippen LogP contribution >= 0.6 is 0 Å². The zero-order chi connectivity index (χ0) is 18.2. The van der Waals surface area contributed by atoms with Gasteiger partial charge in [0.25, 0.3) is 5.91 Å². The molecule has 0 spiro atoms. The second-order valence-corrected chi connectivity index (χ2v) is 6.60. The van der Waals surface area contributed by atoms with Crippen molar-refractivity contribution in [1.82, 2.24) is 10.2 Å². The van der Waals surface area contributed by atoms with Gasteiger partial charge in [0.05, 0.1) is 13.2 Å². The first kappa shape index (κ1) is 18.4. The number of benzene rings is 2. The molecule has 5 nitrogen and oxygen atoms in total. The number of nitrogens with one attached hydrogen (secondary N) is 1. The highest BCUT2D eigenvalue weighted by molar-refractivity contribution is 5.94. The summed E-state index contributed by atoms with van der Waals surface area (Å²) in [4.78, 5) is 16.8. The summed E-state index contributed by atoms with van der Waals surface area (Å²) < 4.78 is 5.37. The first-order chi connectivity index (χ1) is 12.7. The molecular weight excluding hydrogens is 326 g/mol. The lowest BCUT2D eigenvalue weighted by atomic mass is 10.1. The van der Waals surface area contributed by atoms with E-state index >= 15 is 0 Å². The molecule has 0 atom stereocenters. The molecule has 0 saturated carbocycles. The third kappa shape index (κ3) is 5.31. The van der Waals surface area contributed by atoms with Crippen LogP contribution in [0.1, 0.15) is 15.9 Å². The molecule has 1 fully saturated rings. The fraction of sp³-hybridized carbons (Fsp3) is 0.381. The number of morpholine rings is 1. The minimum Gasteiger partial charge on any atom is -0.379 e. The lowest BCUT2D eigenvalue weighted by Gasteiger charge is -2.26. The number of amides is 1. The molecule has 0 bridgehead atoms. The number of anilines is 1. The highest BCUT2D eigenvalue weighted by Gasteiger charge is 2.11. The molecule has 0 unspecified atom stereocenters. The maximum absolute atomic E-state index is 12.3. The third-order valence-electron chi connectivity index (χ3n) is 4.66. The van der Waals surface area contributed by atoms with Gasteiger partial charge in [0.1, 0.15) is 0 Å². The van der Waals surface area contributed by atoms with Gasteiger partial charge < -0.3 is 15.0 Å². The van der Waals surface area contributed by atoms with Gasteiger partial charge in [0.15, 0.2) is 0 Å². The molecular formula is C21H27N3O2. The number of para-hydroxylation sites is 1. The Bertz CT molecular complexity index is 682. The van der Waals surface area contributed by atoms with E-state index in [1.54, 1.807) is 0 Å². The predicted octanol–water partition coefficient (Wildman–Crippen LogP) is 2.38. The van der Waals surface area contributed by atoms with Crippen molar-refractivity contribution in [1.29, 1.82) is 0 Å². The van der Waals surface area contributed by atoms with Crippen molar-refractivity contribution in [2.45, 2.75) is 6.54 Å². The average molecular weight is 353 g/mol. The molecule has 5 heteroatoms. The Morgan fingerprint density at radius 3 is 2.46 bits per heavy atom. The summed E-state index contributed by atoms with van der Waals surface area (Å²) in [5, 5.41) is 2.99. The van der Waals surface area contributed by atoms with E-state index in [0.717, 1.165) is 45.1 Å². The van der Waals surface area contributed by atoms with E-state index in [0.29, 0.717) is 12.1 Å². The normalized spacial score (nSPS) is 14.8. The van der Waals surface area contributed by atoms with E-state index in [1.165, 1.54) is 5.56 Å². The molecule has 1 aliphatic rings. The Labute approximate surface area is 155 Å². The van der Waals surface area contributed by atoms with Gasteiger partial charge in [0.2, 0.25) is 0 Å². The van der Waals surface area contributed by atoms with Crippen LogP contribution in [0.25, 0.3) is 0 Å². The highest BCUT2D eigenvalue weighted by Crippen LogP contribution is 2.11. The minimum absolute atomic E-state index is 0.0237. The van der Waals surface area contributed by atoms with Crippen molar-refractivity contribution >= 4 is 11.6 Å². The number of carbonyl (C=O) groups excluding carboxylic acids is 1. The first-order valence-corrected chi connectivity index (χ1v) is 9.16. The number of ether oxygens (including phenoxy) is 1. The lowest BCUT2D eigenvalue weighted by Crippen LogP contribution is -2.35. The van der Waals surface area contributed by atoms with Gasteiger partial charge in [-0.3, -0.25) is 9.69 Å². The van der Waals surface area contributed by atoms with Crippen LogP contribution in [0, 0.1) is 0 Å². The van der Waals surface area contributed by atoms with E-state index < -0.39 is 0 Å². The zero-order valence-corrected chi connectivity index (χ0v) is 15.4. The van der Waals surface area contributed by atoms with Gasteiger partial charge in [-0.2, -0.15) is 0 Å². The van der Waals surface area contributed by atoms with Gasteiger partial charge in [-0.25, -0.2) is 0 Å². The number of carbonyl (C=O) groups is 1. The quantitative estimate of drug-likeness (QED) is 0.830. The van der Waals surface area contributed by atoms with Crippen molar-refractivity contribution < 1.29 is 9.53 Å². The fourth-order valence-electron chi connectivity index (χ4n) is 3.03. The molecule has 1 N–H and O–H groups in total. The van der Waals surface area contributed by atoms with Crippen molar-refractivity contribution in [3.05, 3.63) is 65.7 Å². The molecule has 26 heavy (non-hydrogen) atoms. The smallest absolute Gasteiger partial charge is 0.251 e. The van der Waals surface area contributed by atoms with E-state index in [2.05, 4.69) is 27.2 Å². The largest absolute Gasteiger partial charge is 0.379 e. The number of hydrogen-bond donors (Lipinski definition) is 1. The molecule has 1 amide bonds. The molecule has 2 aromatic carbocycles. The standard InChI is InChI=1S/C21H27N3O2/c1-23(20-5-3-2-4-6-20)12-11-22-21(25)19-9-7-18(8-10-19)17-24-13-15-26-16-14-24/h2-10H,11-17H2,1H3,(H,22,25). The van der Waals surface area contributed by atoms with Crippen LogP contribution in [0.4, 0.5) is 5.69 Å². The molecule has 1 aliphatic heterocycles. The van der Waals surface area contributed by atoms with Gasteiger partial charge in [-0.05, 0) is 29.8 Å². The third-order valence-corrected chi connectivity index (χ3v) is 4.66. The molecule has 2 aromatic rings. The summed E-state index contributed by atoms with van der Waals surface area (Å²) in [6.07, 6.45) is 0. The molecule has 0 aliphatic carbocycles. The second kappa shape index (κ2) is 9.36. The predicted molar refractivity (Wildman–Crippen MR) is 105 cm³/mol. The van der Waals surface area contributed by atoms with Crippen LogP contribution in [0.2, 0.25) is 0 Å². The van der Waals surface area contributed by atoms with Crippen molar-refractivity contribution in [2.75, 3.05) is 51.3 Å². The lowest BCUT2D eigenvalue weighted by molar-refractivity contribution is 0.0342. The van der Waals surface area contributed by atoms with Crippen molar-refractivity contribution in [2.24, 2.45) is 0 Å². The van der Waals surface area contributed by atoms with E-state index in [9.17, 15) is 4.79 Å².